The molecule has 0 saturated heterocycles. The molecular formula is C6H11NO3. The van der Waals surface area contributed by atoms with Crippen molar-refractivity contribution < 1.29 is 14.6 Å². The van der Waals surface area contributed by atoms with Gasteiger partial charge in [-0.2, -0.15) is 0 Å². The molecule has 0 fully saturated rings. The van der Waals surface area contributed by atoms with Crippen molar-refractivity contribution in [1.29, 1.82) is 0 Å². The fourth-order valence-electron chi connectivity index (χ4n) is 0.510. The Morgan fingerprint density at radius 1 is 1.90 bits per heavy atom. The number of carbonyl (C=O) groups excluding carboxylic acids is 1. The Morgan fingerprint density at radius 3 is 2.80 bits per heavy atom. The van der Waals surface area contributed by atoms with E-state index in [0.29, 0.717) is 6.42 Å². The van der Waals surface area contributed by atoms with Gasteiger partial charge in [0.1, 0.15) is 6.10 Å². The van der Waals surface area contributed by atoms with Crippen LogP contribution in [0.3, 0.4) is 0 Å². The maximum Gasteiger partial charge on any atom is 0.404 e. The Labute approximate surface area is 59.3 Å². The number of rotatable bonds is 4. The highest BCUT2D eigenvalue weighted by atomic mass is 16.6. The van der Waals surface area contributed by atoms with Crippen LogP contribution in [0.25, 0.3) is 0 Å². The summed E-state index contributed by atoms with van der Waals surface area (Å²) < 4.78 is 4.46. The van der Waals surface area contributed by atoms with Crippen molar-refractivity contribution in [3.05, 3.63) is 12.7 Å². The highest BCUT2D eigenvalue weighted by Crippen LogP contribution is 1.96. The summed E-state index contributed by atoms with van der Waals surface area (Å²) in [5.74, 6) is 0. The summed E-state index contributed by atoms with van der Waals surface area (Å²) in [6, 6.07) is 0. The fraction of sp³-hybridized carbons (Fsp3) is 0.500. The van der Waals surface area contributed by atoms with Gasteiger partial charge in [-0.25, -0.2) is 4.79 Å². The molecule has 3 N–H and O–H groups in total. The monoisotopic (exact) mass is 145 g/mol. The molecule has 4 heteroatoms. The largest absolute Gasteiger partial charge is 0.444 e. The standard InChI is InChI=1S/C6H11NO3/c1-2-3-5(4-8)10-6(7)9/h2,5,8H,1,3-4H2,(H2,7,9)/t5-/m0/s1. The molecule has 0 unspecified atom stereocenters. The van der Waals surface area contributed by atoms with Crippen LogP contribution in [0, 0.1) is 0 Å². The van der Waals surface area contributed by atoms with Gasteiger partial charge in [-0.05, 0) is 0 Å². The molecule has 0 aromatic rings. The SMILES string of the molecule is C=CC[C@@H](CO)OC(N)=O. The highest BCUT2D eigenvalue weighted by Gasteiger charge is 2.07. The molecule has 0 aliphatic rings. The maximum atomic E-state index is 10.1. The number of amides is 1. The summed E-state index contributed by atoms with van der Waals surface area (Å²) in [7, 11) is 0. The summed E-state index contributed by atoms with van der Waals surface area (Å²) in [5, 5.41) is 8.53. The highest BCUT2D eigenvalue weighted by molar-refractivity contribution is 5.64. The van der Waals surface area contributed by atoms with Gasteiger partial charge in [0.25, 0.3) is 0 Å². The molecule has 0 rings (SSSR count). The molecule has 0 radical (unpaired) electrons. The van der Waals surface area contributed by atoms with Crippen LogP contribution in [-0.4, -0.2) is 23.9 Å². The van der Waals surface area contributed by atoms with Gasteiger partial charge in [0.15, 0.2) is 0 Å². The molecule has 1 amide bonds. The molecule has 58 valence electrons. The van der Waals surface area contributed by atoms with Crippen molar-refractivity contribution in [2.75, 3.05) is 6.61 Å². The van der Waals surface area contributed by atoms with E-state index in [4.69, 9.17) is 10.8 Å². The zero-order valence-corrected chi connectivity index (χ0v) is 5.62. The fourth-order valence-corrected chi connectivity index (χ4v) is 0.510. The Kier molecular flexibility index (Phi) is 4.32. The van der Waals surface area contributed by atoms with Crippen LogP contribution in [0.2, 0.25) is 0 Å². The number of hydrogen-bond acceptors (Lipinski definition) is 3. The zero-order chi connectivity index (χ0) is 7.98. The van der Waals surface area contributed by atoms with E-state index in [-0.39, 0.29) is 6.61 Å². The van der Waals surface area contributed by atoms with Crippen LogP contribution in [-0.2, 0) is 4.74 Å². The molecule has 0 heterocycles. The van der Waals surface area contributed by atoms with Gasteiger partial charge in [-0.3, -0.25) is 0 Å². The number of ether oxygens (including phenoxy) is 1. The summed E-state index contributed by atoms with van der Waals surface area (Å²) in [4.78, 5) is 10.1. The van der Waals surface area contributed by atoms with E-state index in [1.807, 2.05) is 0 Å². The van der Waals surface area contributed by atoms with Crippen LogP contribution in [0.5, 0.6) is 0 Å². The summed E-state index contributed by atoms with van der Waals surface area (Å²) in [6.07, 6.45) is 0.541. The molecule has 0 aliphatic heterocycles. The van der Waals surface area contributed by atoms with Crippen molar-refractivity contribution in [3.8, 4) is 0 Å². The molecular weight excluding hydrogens is 134 g/mol. The van der Waals surface area contributed by atoms with Gasteiger partial charge in [0.05, 0.1) is 6.61 Å². The molecule has 10 heavy (non-hydrogen) atoms. The normalized spacial score (nSPS) is 12.1. The Bertz CT molecular complexity index is 124. The number of aliphatic hydroxyl groups is 1. The van der Waals surface area contributed by atoms with E-state index in [1.54, 1.807) is 6.08 Å². The topological polar surface area (TPSA) is 72.6 Å². The van der Waals surface area contributed by atoms with Crippen LogP contribution < -0.4 is 5.73 Å². The van der Waals surface area contributed by atoms with E-state index < -0.39 is 12.2 Å². The smallest absolute Gasteiger partial charge is 0.404 e. The quantitative estimate of drug-likeness (QED) is 0.547. The molecule has 0 bridgehead atoms. The molecule has 4 nitrogen and oxygen atoms in total. The van der Waals surface area contributed by atoms with Gasteiger partial charge >= 0.3 is 6.09 Å². The van der Waals surface area contributed by atoms with Crippen molar-refractivity contribution >= 4 is 6.09 Å². The lowest BCUT2D eigenvalue weighted by atomic mass is 10.3. The minimum atomic E-state index is -0.874. The van der Waals surface area contributed by atoms with Crippen LogP contribution >= 0.6 is 0 Å². The number of nitrogens with two attached hydrogens (primary N) is 1. The summed E-state index contributed by atoms with van der Waals surface area (Å²) in [5.41, 5.74) is 4.69. The number of primary amides is 1. The van der Waals surface area contributed by atoms with E-state index >= 15 is 0 Å². The van der Waals surface area contributed by atoms with E-state index in [0.717, 1.165) is 0 Å². The lowest BCUT2D eigenvalue weighted by Crippen LogP contribution is -2.25. The predicted octanol–water partition coefficient (Wildman–Crippen LogP) is 0.0187. The molecule has 0 aliphatic carbocycles. The van der Waals surface area contributed by atoms with Crippen molar-refractivity contribution in [2.24, 2.45) is 5.73 Å². The predicted molar refractivity (Wildman–Crippen MR) is 36.4 cm³/mol. The molecule has 0 aromatic carbocycles. The van der Waals surface area contributed by atoms with Crippen molar-refractivity contribution in [1.82, 2.24) is 0 Å². The minimum Gasteiger partial charge on any atom is -0.444 e. The third kappa shape index (κ3) is 3.91. The third-order valence-electron chi connectivity index (χ3n) is 0.916. The average molecular weight is 145 g/mol. The first-order valence-corrected chi connectivity index (χ1v) is 2.88. The second kappa shape index (κ2) is 4.81. The molecule has 0 saturated carbocycles. The minimum absolute atomic E-state index is 0.227. The second-order valence-electron chi connectivity index (χ2n) is 1.77. The van der Waals surface area contributed by atoms with Gasteiger partial charge < -0.3 is 15.6 Å². The zero-order valence-electron chi connectivity index (χ0n) is 5.62. The van der Waals surface area contributed by atoms with Crippen LogP contribution in [0.1, 0.15) is 6.42 Å². The number of carbonyl (C=O) groups is 1. The third-order valence-corrected chi connectivity index (χ3v) is 0.916. The molecule has 0 aromatic heterocycles. The van der Waals surface area contributed by atoms with Gasteiger partial charge in [-0.1, -0.05) is 6.08 Å². The molecule has 0 spiro atoms. The first kappa shape index (κ1) is 8.97. The van der Waals surface area contributed by atoms with E-state index in [2.05, 4.69) is 11.3 Å². The van der Waals surface area contributed by atoms with Gasteiger partial charge in [-0.15, -0.1) is 6.58 Å². The summed E-state index contributed by atoms with van der Waals surface area (Å²) in [6.45, 7) is 3.19. The molecule has 1 atom stereocenters. The second-order valence-corrected chi connectivity index (χ2v) is 1.77. The maximum absolute atomic E-state index is 10.1. The van der Waals surface area contributed by atoms with Gasteiger partial charge in [0, 0.05) is 6.42 Å². The Morgan fingerprint density at radius 2 is 2.50 bits per heavy atom. The first-order valence-electron chi connectivity index (χ1n) is 2.88. The first-order chi connectivity index (χ1) is 4.70. The van der Waals surface area contributed by atoms with Crippen molar-refractivity contribution in [3.63, 3.8) is 0 Å². The van der Waals surface area contributed by atoms with Crippen LogP contribution in [0.4, 0.5) is 4.79 Å². The van der Waals surface area contributed by atoms with Gasteiger partial charge in [0.2, 0.25) is 0 Å². The van der Waals surface area contributed by atoms with E-state index in [1.165, 1.54) is 0 Å². The average Bonchev–Trinajstić information content (AvgIpc) is 1.86. The van der Waals surface area contributed by atoms with Crippen LogP contribution in [0.15, 0.2) is 12.7 Å². The lowest BCUT2D eigenvalue weighted by molar-refractivity contribution is 0.0655. The van der Waals surface area contributed by atoms with Crippen molar-refractivity contribution in [2.45, 2.75) is 12.5 Å². The summed E-state index contributed by atoms with van der Waals surface area (Å²) >= 11 is 0. The lowest BCUT2D eigenvalue weighted by Gasteiger charge is -2.10. The number of hydrogen-bond donors (Lipinski definition) is 2. The number of aliphatic hydroxyl groups excluding tert-OH is 1. The van der Waals surface area contributed by atoms with E-state index in [9.17, 15) is 4.79 Å². The Hall–Kier alpha value is -1.03. The Balaban J connectivity index is 3.59.